The highest BCUT2D eigenvalue weighted by Crippen LogP contribution is 2.34. The molecule has 1 saturated carbocycles. The van der Waals surface area contributed by atoms with E-state index in [1.54, 1.807) is 0 Å². The molecule has 1 N–H and O–H groups in total. The van der Waals surface area contributed by atoms with Crippen LogP contribution < -0.4 is 5.32 Å². The zero-order valence-corrected chi connectivity index (χ0v) is 16.9. The second-order valence-electron chi connectivity index (χ2n) is 7.55. The molecular formula is C20H23N7S. The number of nitrogens with zero attached hydrogens (tertiary/aromatic N) is 6. The molecule has 1 aliphatic rings. The Balaban J connectivity index is 1.64. The second-order valence-corrected chi connectivity index (χ2v) is 8.35. The lowest BCUT2D eigenvalue weighted by Crippen LogP contribution is -2.10. The van der Waals surface area contributed by atoms with Crippen molar-refractivity contribution in [3.8, 4) is 11.3 Å². The van der Waals surface area contributed by atoms with Crippen molar-refractivity contribution in [3.05, 3.63) is 42.2 Å². The fraction of sp³-hybridized carbons (Fsp3) is 0.400. The van der Waals surface area contributed by atoms with Crippen LogP contribution in [-0.2, 0) is 7.05 Å². The van der Waals surface area contributed by atoms with E-state index in [1.807, 2.05) is 43.3 Å². The van der Waals surface area contributed by atoms with Gasteiger partial charge in [-0.05, 0) is 37.4 Å². The quantitative estimate of drug-likeness (QED) is 0.545. The fourth-order valence-corrected chi connectivity index (χ4v) is 4.65. The average molecular weight is 394 g/mol. The lowest BCUT2D eigenvalue weighted by Gasteiger charge is -2.22. The lowest BCUT2D eigenvalue weighted by molar-refractivity contribution is 0.436. The first kappa shape index (κ1) is 17.4. The summed E-state index contributed by atoms with van der Waals surface area (Å²) in [6, 6.07) is 2.04. The van der Waals surface area contributed by atoms with E-state index >= 15 is 0 Å². The van der Waals surface area contributed by atoms with Crippen LogP contribution in [0, 0.1) is 6.92 Å². The number of nitrogens with one attached hydrogen (secondary N) is 1. The molecule has 0 aliphatic heterocycles. The highest BCUT2D eigenvalue weighted by molar-refractivity contribution is 7.10. The molecule has 144 valence electrons. The van der Waals surface area contributed by atoms with E-state index in [9.17, 15) is 0 Å². The van der Waals surface area contributed by atoms with Gasteiger partial charge in [-0.25, -0.2) is 9.97 Å². The van der Waals surface area contributed by atoms with Gasteiger partial charge >= 0.3 is 0 Å². The molecular weight excluding hydrogens is 370 g/mol. The Hall–Kier alpha value is -2.74. The molecule has 5 rings (SSSR count). The summed E-state index contributed by atoms with van der Waals surface area (Å²) in [6.45, 7) is 2.00. The molecule has 0 spiro atoms. The fourth-order valence-electron chi connectivity index (χ4n) is 3.99. The molecule has 4 aromatic rings. The van der Waals surface area contributed by atoms with Crippen molar-refractivity contribution < 1.29 is 0 Å². The molecule has 28 heavy (non-hydrogen) atoms. The molecule has 4 aromatic heterocycles. The maximum absolute atomic E-state index is 5.00. The maximum atomic E-state index is 5.00. The van der Waals surface area contributed by atoms with Crippen LogP contribution in [0.2, 0.25) is 0 Å². The summed E-state index contributed by atoms with van der Waals surface area (Å²) in [5.74, 6) is 1.30. The molecule has 0 bridgehead atoms. The number of hydrogen-bond acceptors (Lipinski definition) is 6. The third-order valence-electron chi connectivity index (χ3n) is 5.40. The van der Waals surface area contributed by atoms with E-state index in [1.165, 1.54) is 43.6 Å². The van der Waals surface area contributed by atoms with Crippen molar-refractivity contribution in [2.45, 2.75) is 44.9 Å². The minimum Gasteiger partial charge on any atom is -0.328 e. The van der Waals surface area contributed by atoms with Crippen molar-refractivity contribution in [2.75, 3.05) is 5.32 Å². The maximum Gasteiger partial charge on any atom is 0.180 e. The molecule has 0 saturated heterocycles. The topological polar surface area (TPSA) is 72.9 Å². The van der Waals surface area contributed by atoms with E-state index in [0.29, 0.717) is 5.92 Å². The smallest absolute Gasteiger partial charge is 0.180 e. The molecule has 0 radical (unpaired) electrons. The molecule has 0 aromatic carbocycles. The average Bonchev–Trinajstić information content (AvgIpc) is 3.42. The van der Waals surface area contributed by atoms with E-state index in [2.05, 4.69) is 30.4 Å². The van der Waals surface area contributed by atoms with E-state index in [4.69, 9.17) is 4.98 Å². The summed E-state index contributed by atoms with van der Waals surface area (Å²) in [6.07, 6.45) is 14.3. The van der Waals surface area contributed by atoms with Crippen LogP contribution in [0.3, 0.4) is 0 Å². The molecule has 7 nitrogen and oxygen atoms in total. The largest absolute Gasteiger partial charge is 0.328 e. The van der Waals surface area contributed by atoms with Gasteiger partial charge in [0.2, 0.25) is 0 Å². The van der Waals surface area contributed by atoms with Gasteiger partial charge in [-0.2, -0.15) is 9.47 Å². The Morgan fingerprint density at radius 3 is 2.71 bits per heavy atom. The lowest BCUT2D eigenvalue weighted by atomic mass is 9.87. The van der Waals surface area contributed by atoms with Crippen LogP contribution in [0.5, 0.6) is 0 Å². The molecule has 0 amide bonds. The Kier molecular flexibility index (Phi) is 4.35. The van der Waals surface area contributed by atoms with Gasteiger partial charge in [-0.15, -0.1) is 0 Å². The number of imidazole rings is 1. The summed E-state index contributed by atoms with van der Waals surface area (Å²) in [5.41, 5.74) is 5.05. The summed E-state index contributed by atoms with van der Waals surface area (Å²) in [7, 11) is 1.93. The van der Waals surface area contributed by atoms with Crippen molar-refractivity contribution >= 4 is 28.0 Å². The Bertz CT molecular complexity index is 1120. The zero-order valence-electron chi connectivity index (χ0n) is 16.1. The van der Waals surface area contributed by atoms with Crippen LogP contribution in [0.15, 0.2) is 30.9 Å². The van der Waals surface area contributed by atoms with Crippen LogP contribution in [0.1, 0.15) is 49.4 Å². The van der Waals surface area contributed by atoms with Gasteiger partial charge in [0.15, 0.2) is 11.5 Å². The molecule has 0 unspecified atom stereocenters. The predicted molar refractivity (Wildman–Crippen MR) is 111 cm³/mol. The van der Waals surface area contributed by atoms with E-state index in [-0.39, 0.29) is 0 Å². The summed E-state index contributed by atoms with van der Waals surface area (Å²) >= 11 is 1.45. The second kappa shape index (κ2) is 7.01. The van der Waals surface area contributed by atoms with Gasteiger partial charge in [0.1, 0.15) is 5.00 Å². The van der Waals surface area contributed by atoms with Crippen molar-refractivity contribution in [3.63, 3.8) is 0 Å². The Labute approximate surface area is 167 Å². The van der Waals surface area contributed by atoms with Gasteiger partial charge in [0.25, 0.3) is 0 Å². The highest BCUT2D eigenvalue weighted by Gasteiger charge is 2.21. The minimum absolute atomic E-state index is 0.506. The van der Waals surface area contributed by atoms with Gasteiger partial charge in [-0.1, -0.05) is 19.3 Å². The third kappa shape index (κ3) is 3.17. The predicted octanol–water partition coefficient (Wildman–Crippen LogP) is 4.69. The van der Waals surface area contributed by atoms with Crippen LogP contribution >= 0.6 is 11.5 Å². The van der Waals surface area contributed by atoms with Crippen LogP contribution in [0.4, 0.5) is 10.8 Å². The molecule has 1 fully saturated rings. The number of rotatable bonds is 4. The van der Waals surface area contributed by atoms with Crippen molar-refractivity contribution in [1.29, 1.82) is 0 Å². The van der Waals surface area contributed by atoms with Crippen molar-refractivity contribution in [2.24, 2.45) is 7.05 Å². The first-order valence-corrected chi connectivity index (χ1v) is 10.5. The number of aromatic nitrogens is 6. The third-order valence-corrected chi connectivity index (χ3v) is 6.20. The SMILES string of the molecule is Cc1cc(Nc2nc(C3CCCCC3)cn3c(-c4cnn(C)c4)cnc23)sn1. The molecule has 0 atom stereocenters. The number of hydrogen-bond donors (Lipinski definition) is 1. The first-order valence-electron chi connectivity index (χ1n) is 9.75. The monoisotopic (exact) mass is 393 g/mol. The van der Waals surface area contributed by atoms with Gasteiger partial charge in [0.05, 0.1) is 29.5 Å². The first-order chi connectivity index (χ1) is 13.7. The highest BCUT2D eigenvalue weighted by atomic mass is 32.1. The zero-order chi connectivity index (χ0) is 19.1. The minimum atomic E-state index is 0.506. The van der Waals surface area contributed by atoms with E-state index < -0.39 is 0 Å². The standard InChI is InChI=1S/C20H23N7S/c1-13-8-18(28-25-13)24-19-20-21-10-17(15-9-22-26(2)11-15)27(20)12-16(23-19)14-6-4-3-5-7-14/h8-12,14H,3-7H2,1-2H3,(H,23,24). The summed E-state index contributed by atoms with van der Waals surface area (Å²) in [5, 5.41) is 8.77. The molecule has 1 aliphatic carbocycles. The van der Waals surface area contributed by atoms with Crippen LogP contribution in [-0.4, -0.2) is 28.5 Å². The summed E-state index contributed by atoms with van der Waals surface area (Å²) in [4.78, 5) is 9.68. The number of anilines is 2. The van der Waals surface area contributed by atoms with E-state index in [0.717, 1.165) is 39.1 Å². The Morgan fingerprint density at radius 1 is 1.14 bits per heavy atom. The Morgan fingerprint density at radius 2 is 2.00 bits per heavy atom. The van der Waals surface area contributed by atoms with Crippen LogP contribution in [0.25, 0.3) is 16.9 Å². The number of fused-ring (bicyclic) bond motifs is 1. The summed E-state index contributed by atoms with van der Waals surface area (Å²) < 4.78 is 8.35. The van der Waals surface area contributed by atoms with Gasteiger partial charge in [0, 0.05) is 30.9 Å². The molecule has 8 heteroatoms. The normalized spacial score (nSPS) is 15.4. The molecule has 4 heterocycles. The van der Waals surface area contributed by atoms with Gasteiger partial charge in [-0.3, -0.25) is 9.08 Å². The van der Waals surface area contributed by atoms with Crippen molar-refractivity contribution in [1.82, 2.24) is 28.5 Å². The van der Waals surface area contributed by atoms with Gasteiger partial charge < -0.3 is 5.32 Å². The number of aryl methyl sites for hydroxylation is 2.